The topological polar surface area (TPSA) is 88.9 Å². The summed E-state index contributed by atoms with van der Waals surface area (Å²) in [5.74, 6) is 0.927. The van der Waals surface area contributed by atoms with Crippen molar-refractivity contribution < 1.29 is 9.59 Å². The summed E-state index contributed by atoms with van der Waals surface area (Å²) in [6, 6.07) is 8.41. The molecule has 1 heterocycles. The number of carbonyl (C=O) groups is 2. The lowest BCUT2D eigenvalue weighted by atomic mass is 10.1. The number of rotatable bonds is 7. The van der Waals surface area contributed by atoms with Gasteiger partial charge in [-0.05, 0) is 5.56 Å². The number of amides is 2. The van der Waals surface area contributed by atoms with E-state index in [0.717, 1.165) is 11.4 Å². The molecule has 7 heteroatoms. The van der Waals surface area contributed by atoms with Crippen LogP contribution in [0.2, 0.25) is 0 Å². The van der Waals surface area contributed by atoms with Gasteiger partial charge in [0.1, 0.15) is 18.4 Å². The van der Waals surface area contributed by atoms with Crippen LogP contribution in [0.15, 0.2) is 30.3 Å². The summed E-state index contributed by atoms with van der Waals surface area (Å²) in [4.78, 5) is 28.9. The van der Waals surface area contributed by atoms with E-state index in [9.17, 15) is 9.59 Å². The number of benzene rings is 1. The van der Waals surface area contributed by atoms with E-state index in [1.165, 1.54) is 0 Å². The number of aromatic nitrogens is 3. The third-order valence-electron chi connectivity index (χ3n) is 3.66. The molecule has 0 spiro atoms. The van der Waals surface area contributed by atoms with Crippen LogP contribution in [-0.4, -0.2) is 33.6 Å². The van der Waals surface area contributed by atoms with Gasteiger partial charge in [0.2, 0.25) is 11.8 Å². The second kappa shape index (κ2) is 8.24. The van der Waals surface area contributed by atoms with E-state index in [4.69, 9.17) is 0 Å². The molecule has 0 aliphatic carbocycles. The molecule has 24 heavy (non-hydrogen) atoms. The fourth-order valence-corrected chi connectivity index (χ4v) is 2.40. The van der Waals surface area contributed by atoms with E-state index < -0.39 is 6.04 Å². The third kappa shape index (κ3) is 4.18. The summed E-state index contributed by atoms with van der Waals surface area (Å²) in [6.07, 6.45) is 1.41. The van der Waals surface area contributed by atoms with Crippen molar-refractivity contribution in [2.45, 2.75) is 39.3 Å². The van der Waals surface area contributed by atoms with Gasteiger partial charge < -0.3 is 10.6 Å². The van der Waals surface area contributed by atoms with Crippen LogP contribution in [0.4, 0.5) is 0 Å². The Morgan fingerprint density at radius 1 is 1.17 bits per heavy atom. The number of carbonyl (C=O) groups excluding carboxylic acids is 2. The first-order valence-corrected chi connectivity index (χ1v) is 8.07. The molecular formula is C17H23N5O2. The molecule has 7 nitrogen and oxygen atoms in total. The highest BCUT2D eigenvalue weighted by Crippen LogP contribution is 2.12. The Bertz CT molecular complexity index is 696. The Labute approximate surface area is 141 Å². The summed E-state index contributed by atoms with van der Waals surface area (Å²) in [5.41, 5.74) is 0.730. The molecule has 1 aromatic heterocycles. The molecular weight excluding hydrogens is 306 g/mol. The van der Waals surface area contributed by atoms with Gasteiger partial charge >= 0.3 is 0 Å². The quantitative estimate of drug-likeness (QED) is 0.793. The van der Waals surface area contributed by atoms with Crippen LogP contribution in [0.3, 0.4) is 0 Å². The van der Waals surface area contributed by atoms with Crippen molar-refractivity contribution in [2.24, 2.45) is 0 Å². The van der Waals surface area contributed by atoms with Gasteiger partial charge in [0.15, 0.2) is 5.82 Å². The number of nitrogens with zero attached hydrogens (tertiary/aromatic N) is 3. The fraction of sp³-hybridized carbons (Fsp3) is 0.412. The first-order valence-electron chi connectivity index (χ1n) is 8.07. The minimum atomic E-state index is -0.733. The number of aryl methyl sites for hydroxylation is 2. The Hall–Kier alpha value is -2.70. The van der Waals surface area contributed by atoms with E-state index in [1.54, 1.807) is 11.7 Å². The molecule has 0 radical (unpaired) electrons. The predicted octanol–water partition coefficient (Wildman–Crippen LogP) is 1.01. The molecule has 128 valence electrons. The predicted molar refractivity (Wildman–Crippen MR) is 90.2 cm³/mol. The standard InChI is InChI=1S/C17H23N5O2/c1-4-13-19-14(5-2)22(21-13)11-15(23)20-16(17(24)18-3)12-9-7-6-8-10-12/h6-10,16H,4-5,11H2,1-3H3,(H,18,24)(H,20,23)/t16-/m0/s1. The SMILES string of the molecule is CCc1nc(CC)n(CC(=O)N[C@H](C(=O)NC)c2ccccc2)n1. The van der Waals surface area contributed by atoms with Gasteiger partial charge in [-0.3, -0.25) is 9.59 Å². The summed E-state index contributed by atoms with van der Waals surface area (Å²) < 4.78 is 1.60. The molecule has 2 N–H and O–H groups in total. The number of likely N-dealkylation sites (N-methyl/N-ethyl adjacent to an activating group) is 1. The lowest BCUT2D eigenvalue weighted by molar-refractivity contribution is -0.129. The van der Waals surface area contributed by atoms with Gasteiger partial charge in [-0.15, -0.1) is 0 Å². The average molecular weight is 329 g/mol. The van der Waals surface area contributed by atoms with Crippen LogP contribution in [0, 0.1) is 0 Å². The van der Waals surface area contributed by atoms with Gasteiger partial charge in [-0.2, -0.15) is 5.10 Å². The molecule has 0 unspecified atom stereocenters. The van der Waals surface area contributed by atoms with Gasteiger partial charge in [-0.25, -0.2) is 9.67 Å². The van der Waals surface area contributed by atoms with Crippen molar-refractivity contribution in [3.8, 4) is 0 Å². The maximum Gasteiger partial charge on any atom is 0.246 e. The number of nitrogens with one attached hydrogen (secondary N) is 2. The summed E-state index contributed by atoms with van der Waals surface area (Å²) >= 11 is 0. The molecule has 0 bridgehead atoms. The van der Waals surface area contributed by atoms with Gasteiger partial charge in [0.05, 0.1) is 0 Å². The van der Waals surface area contributed by atoms with E-state index in [1.807, 2.05) is 44.2 Å². The average Bonchev–Trinajstić information content (AvgIpc) is 3.01. The molecule has 2 aromatic rings. The maximum atomic E-state index is 12.4. The highest BCUT2D eigenvalue weighted by atomic mass is 16.2. The molecule has 0 saturated heterocycles. The smallest absolute Gasteiger partial charge is 0.246 e. The lowest BCUT2D eigenvalue weighted by Gasteiger charge is -2.18. The van der Waals surface area contributed by atoms with Crippen LogP contribution >= 0.6 is 0 Å². The normalized spacial score (nSPS) is 11.8. The van der Waals surface area contributed by atoms with E-state index in [2.05, 4.69) is 20.7 Å². The molecule has 2 rings (SSSR count). The molecule has 0 aliphatic rings. The van der Waals surface area contributed by atoms with Crippen molar-refractivity contribution in [1.29, 1.82) is 0 Å². The zero-order valence-corrected chi connectivity index (χ0v) is 14.2. The lowest BCUT2D eigenvalue weighted by Crippen LogP contribution is -2.40. The summed E-state index contributed by atoms with van der Waals surface area (Å²) in [7, 11) is 1.55. The Balaban J connectivity index is 2.14. The molecule has 2 amide bonds. The number of hydrogen-bond acceptors (Lipinski definition) is 4. The molecule has 1 aromatic carbocycles. The van der Waals surface area contributed by atoms with Gasteiger partial charge in [-0.1, -0.05) is 44.2 Å². The highest BCUT2D eigenvalue weighted by molar-refractivity contribution is 5.88. The zero-order chi connectivity index (χ0) is 17.5. The summed E-state index contributed by atoms with van der Waals surface area (Å²) in [6.45, 7) is 3.97. The van der Waals surface area contributed by atoms with E-state index in [-0.39, 0.29) is 18.4 Å². The van der Waals surface area contributed by atoms with Crippen LogP contribution in [0.1, 0.15) is 37.1 Å². The van der Waals surface area contributed by atoms with Gasteiger partial charge in [0, 0.05) is 19.9 Å². The molecule has 0 saturated carbocycles. The van der Waals surface area contributed by atoms with Crippen molar-refractivity contribution >= 4 is 11.8 Å². The fourth-order valence-electron chi connectivity index (χ4n) is 2.40. The second-order valence-corrected chi connectivity index (χ2v) is 5.33. The van der Waals surface area contributed by atoms with Crippen LogP contribution < -0.4 is 10.6 Å². The Kier molecular flexibility index (Phi) is 6.06. The Morgan fingerprint density at radius 2 is 1.88 bits per heavy atom. The third-order valence-corrected chi connectivity index (χ3v) is 3.66. The Morgan fingerprint density at radius 3 is 2.46 bits per heavy atom. The monoisotopic (exact) mass is 329 g/mol. The van der Waals surface area contributed by atoms with Crippen molar-refractivity contribution in [3.63, 3.8) is 0 Å². The minimum Gasteiger partial charge on any atom is -0.357 e. The zero-order valence-electron chi connectivity index (χ0n) is 14.2. The minimum absolute atomic E-state index is 0.0382. The molecule has 0 fully saturated rings. The highest BCUT2D eigenvalue weighted by Gasteiger charge is 2.22. The van der Waals surface area contributed by atoms with Crippen LogP contribution in [0.25, 0.3) is 0 Å². The largest absolute Gasteiger partial charge is 0.357 e. The maximum absolute atomic E-state index is 12.4. The first kappa shape index (κ1) is 17.7. The molecule has 0 aliphatic heterocycles. The number of hydrogen-bond donors (Lipinski definition) is 2. The molecule has 1 atom stereocenters. The van der Waals surface area contributed by atoms with Crippen molar-refractivity contribution in [1.82, 2.24) is 25.4 Å². The van der Waals surface area contributed by atoms with Crippen molar-refractivity contribution in [3.05, 3.63) is 47.5 Å². The van der Waals surface area contributed by atoms with E-state index >= 15 is 0 Å². The summed E-state index contributed by atoms with van der Waals surface area (Å²) in [5, 5.41) is 9.68. The van der Waals surface area contributed by atoms with Crippen molar-refractivity contribution in [2.75, 3.05) is 7.05 Å². The van der Waals surface area contributed by atoms with Crippen LogP contribution in [0.5, 0.6) is 0 Å². The van der Waals surface area contributed by atoms with E-state index in [0.29, 0.717) is 18.7 Å². The first-order chi connectivity index (χ1) is 11.6. The second-order valence-electron chi connectivity index (χ2n) is 5.33. The van der Waals surface area contributed by atoms with Gasteiger partial charge in [0.25, 0.3) is 0 Å². The van der Waals surface area contributed by atoms with Crippen LogP contribution in [-0.2, 0) is 29.0 Å².